The smallest absolute Gasteiger partial charge is 0.319 e. The molecule has 0 aliphatic rings. The number of nitro benzene ring substituents is 1. The highest BCUT2D eigenvalue weighted by atomic mass is 35.5. The molecule has 10 heteroatoms. The van der Waals surface area contributed by atoms with E-state index in [2.05, 4.69) is 0 Å². The van der Waals surface area contributed by atoms with Crippen molar-refractivity contribution in [1.82, 2.24) is 0 Å². The highest BCUT2D eigenvalue weighted by molar-refractivity contribution is 5.85. The molecule has 0 saturated heterocycles. The molecule has 0 fully saturated rings. The summed E-state index contributed by atoms with van der Waals surface area (Å²) in [5.74, 6) is -5.11. The summed E-state index contributed by atoms with van der Waals surface area (Å²) in [5, 5.41) is 10.3. The Kier molecular flexibility index (Phi) is 5.22. The van der Waals surface area contributed by atoms with E-state index in [0.717, 1.165) is 24.3 Å². The van der Waals surface area contributed by atoms with Crippen LogP contribution < -0.4 is 5.73 Å². The van der Waals surface area contributed by atoms with Gasteiger partial charge in [-0.05, 0) is 5.56 Å². The van der Waals surface area contributed by atoms with Crippen LogP contribution in [-0.2, 0) is 0 Å². The number of non-ortho nitro benzene ring substituents is 1. The van der Waals surface area contributed by atoms with Gasteiger partial charge in [0, 0.05) is 12.1 Å². The number of hydrogen-bond acceptors (Lipinski definition) is 3. The molecule has 108 valence electrons. The van der Waals surface area contributed by atoms with Crippen LogP contribution in [0.3, 0.4) is 0 Å². The molecule has 0 radical (unpaired) electrons. The summed E-state index contributed by atoms with van der Waals surface area (Å²) in [7, 11) is 0. The molecule has 0 unspecified atom stereocenters. The van der Waals surface area contributed by atoms with Gasteiger partial charge in [0.15, 0.2) is 0 Å². The van der Waals surface area contributed by atoms with Gasteiger partial charge in [0.2, 0.25) is 0 Å². The number of benzene rings is 1. The van der Waals surface area contributed by atoms with E-state index >= 15 is 0 Å². The zero-order valence-corrected chi connectivity index (χ0v) is 9.84. The van der Waals surface area contributed by atoms with E-state index in [9.17, 15) is 32.1 Å². The van der Waals surface area contributed by atoms with Crippen LogP contribution in [0, 0.1) is 10.1 Å². The first-order valence-electron chi connectivity index (χ1n) is 4.52. The van der Waals surface area contributed by atoms with E-state index in [1.807, 2.05) is 0 Å². The number of halogens is 6. The van der Waals surface area contributed by atoms with Gasteiger partial charge < -0.3 is 5.73 Å². The van der Waals surface area contributed by atoms with Gasteiger partial charge in [-0.1, -0.05) is 12.1 Å². The number of nitrogens with two attached hydrogens (primary N) is 1. The quantitative estimate of drug-likeness (QED) is 0.529. The van der Waals surface area contributed by atoms with Gasteiger partial charge in [0.05, 0.1) is 4.92 Å². The van der Waals surface area contributed by atoms with Crippen molar-refractivity contribution >= 4 is 18.1 Å². The summed E-state index contributed by atoms with van der Waals surface area (Å²) in [4.78, 5) is 9.48. The summed E-state index contributed by atoms with van der Waals surface area (Å²) in [6, 6.07) is 0.534. The molecule has 1 atom stereocenters. The Balaban J connectivity index is 0.00000324. The lowest BCUT2D eigenvalue weighted by atomic mass is 10.0. The minimum atomic E-state index is -5.78. The second-order valence-corrected chi connectivity index (χ2v) is 3.45. The normalized spacial score (nSPS) is 13.6. The SMILES string of the molecule is Cl.N[C@H](c1ccc([N+](=O)[O-])cc1)C(F)(F)C(F)(F)F. The maximum atomic E-state index is 12.9. The number of rotatable bonds is 3. The molecule has 0 saturated carbocycles. The van der Waals surface area contributed by atoms with Gasteiger partial charge in [-0.15, -0.1) is 12.4 Å². The predicted molar refractivity (Wildman–Crippen MR) is 58.3 cm³/mol. The molecule has 0 bridgehead atoms. The first kappa shape index (κ1) is 17.5. The molecule has 0 aliphatic heterocycles. The van der Waals surface area contributed by atoms with Crippen LogP contribution in [0.5, 0.6) is 0 Å². The van der Waals surface area contributed by atoms with Crippen molar-refractivity contribution in [3.8, 4) is 0 Å². The van der Waals surface area contributed by atoms with Crippen LogP contribution in [0.4, 0.5) is 27.6 Å². The van der Waals surface area contributed by atoms with Crippen LogP contribution in [0.15, 0.2) is 24.3 Å². The summed E-state index contributed by atoms with van der Waals surface area (Å²) in [5.41, 5.74) is 3.88. The van der Waals surface area contributed by atoms with E-state index in [-0.39, 0.29) is 12.4 Å². The molecular weight excluding hydrogens is 299 g/mol. The number of hydrogen-bond donors (Lipinski definition) is 1. The first-order chi connectivity index (χ1) is 8.07. The summed E-state index contributed by atoms with van der Waals surface area (Å²) >= 11 is 0. The number of nitro groups is 1. The fraction of sp³-hybridized carbons (Fsp3) is 0.333. The van der Waals surface area contributed by atoms with Gasteiger partial charge in [-0.25, -0.2) is 0 Å². The first-order valence-corrected chi connectivity index (χ1v) is 4.52. The monoisotopic (exact) mass is 306 g/mol. The Labute approximate surface area is 109 Å². The lowest BCUT2D eigenvalue weighted by Gasteiger charge is -2.25. The largest absolute Gasteiger partial charge is 0.455 e. The Bertz CT molecular complexity index is 449. The number of alkyl halides is 5. The highest BCUT2D eigenvalue weighted by Gasteiger charge is 2.61. The Morgan fingerprint density at radius 3 is 1.84 bits per heavy atom. The Hall–Kier alpha value is -1.48. The highest BCUT2D eigenvalue weighted by Crippen LogP contribution is 2.43. The Morgan fingerprint density at radius 2 is 1.53 bits per heavy atom. The third-order valence-electron chi connectivity index (χ3n) is 2.23. The Morgan fingerprint density at radius 1 is 1.11 bits per heavy atom. The van der Waals surface area contributed by atoms with Crippen molar-refractivity contribution in [2.45, 2.75) is 18.1 Å². The molecule has 4 nitrogen and oxygen atoms in total. The summed E-state index contributed by atoms with van der Waals surface area (Å²) in [6.07, 6.45) is -5.78. The molecule has 1 aromatic rings. The molecule has 0 spiro atoms. The lowest BCUT2D eigenvalue weighted by Crippen LogP contribution is -2.45. The molecule has 0 aromatic heterocycles. The van der Waals surface area contributed by atoms with E-state index in [0.29, 0.717) is 0 Å². The molecule has 0 aliphatic carbocycles. The van der Waals surface area contributed by atoms with Gasteiger partial charge in [-0.2, -0.15) is 22.0 Å². The minimum Gasteiger partial charge on any atom is -0.319 e. The molecule has 1 aromatic carbocycles. The fourth-order valence-corrected chi connectivity index (χ4v) is 1.19. The van der Waals surface area contributed by atoms with Crippen LogP contribution in [-0.4, -0.2) is 17.0 Å². The van der Waals surface area contributed by atoms with E-state index in [4.69, 9.17) is 5.73 Å². The van der Waals surface area contributed by atoms with E-state index < -0.39 is 34.3 Å². The van der Waals surface area contributed by atoms with E-state index in [1.54, 1.807) is 0 Å². The topological polar surface area (TPSA) is 69.2 Å². The maximum Gasteiger partial charge on any atom is 0.455 e. The third kappa shape index (κ3) is 3.51. The van der Waals surface area contributed by atoms with Crippen LogP contribution in [0.25, 0.3) is 0 Å². The number of nitrogens with zero attached hydrogens (tertiary/aromatic N) is 1. The lowest BCUT2D eigenvalue weighted by molar-refractivity contribution is -0.384. The van der Waals surface area contributed by atoms with Gasteiger partial charge in [0.25, 0.3) is 5.69 Å². The van der Waals surface area contributed by atoms with Crippen molar-refractivity contribution in [3.63, 3.8) is 0 Å². The predicted octanol–water partition coefficient (Wildman–Crippen LogP) is 3.21. The van der Waals surface area contributed by atoms with Gasteiger partial charge in [0.1, 0.15) is 6.04 Å². The zero-order chi connectivity index (χ0) is 14.1. The molecular formula is C9H8ClF5N2O2. The average molecular weight is 307 g/mol. The van der Waals surface area contributed by atoms with Crippen molar-refractivity contribution in [1.29, 1.82) is 0 Å². The molecule has 1 rings (SSSR count). The molecule has 19 heavy (non-hydrogen) atoms. The van der Waals surface area contributed by atoms with Crippen molar-refractivity contribution < 1.29 is 26.9 Å². The van der Waals surface area contributed by atoms with Crippen molar-refractivity contribution in [3.05, 3.63) is 39.9 Å². The van der Waals surface area contributed by atoms with Crippen molar-refractivity contribution in [2.75, 3.05) is 0 Å². The van der Waals surface area contributed by atoms with Crippen LogP contribution in [0.2, 0.25) is 0 Å². The summed E-state index contributed by atoms with van der Waals surface area (Å²) < 4.78 is 61.9. The minimum absolute atomic E-state index is 0. The fourth-order valence-electron chi connectivity index (χ4n) is 1.19. The summed E-state index contributed by atoms with van der Waals surface area (Å²) in [6.45, 7) is 0. The second-order valence-electron chi connectivity index (χ2n) is 3.45. The van der Waals surface area contributed by atoms with Crippen LogP contribution in [0.1, 0.15) is 11.6 Å². The zero-order valence-electron chi connectivity index (χ0n) is 9.03. The standard InChI is InChI=1S/C9H7F5N2O2.ClH/c10-8(11,9(12,13)14)7(15)5-1-3-6(4-2-5)16(17)18;/h1-4,7H,15H2;1H/t7-;/m1./s1. The maximum absolute atomic E-state index is 12.9. The molecule has 0 amide bonds. The third-order valence-corrected chi connectivity index (χ3v) is 2.23. The van der Waals surface area contributed by atoms with Gasteiger partial charge in [-0.3, -0.25) is 10.1 Å². The molecule has 2 N–H and O–H groups in total. The van der Waals surface area contributed by atoms with E-state index in [1.165, 1.54) is 0 Å². The average Bonchev–Trinajstić information content (AvgIpc) is 2.26. The molecule has 0 heterocycles. The second kappa shape index (κ2) is 5.66. The van der Waals surface area contributed by atoms with Gasteiger partial charge >= 0.3 is 12.1 Å². The van der Waals surface area contributed by atoms with Crippen molar-refractivity contribution in [2.24, 2.45) is 5.73 Å². The van der Waals surface area contributed by atoms with Crippen LogP contribution >= 0.6 is 12.4 Å².